The minimum atomic E-state index is -2.59. The van der Waals surface area contributed by atoms with E-state index >= 15 is 0 Å². The summed E-state index contributed by atoms with van der Waals surface area (Å²) < 4.78 is 16.4. The molecule has 1 aliphatic heterocycles. The van der Waals surface area contributed by atoms with Crippen LogP contribution in [0.25, 0.3) is 0 Å². The normalized spacial score (nSPS) is 31.1. The van der Waals surface area contributed by atoms with Gasteiger partial charge in [0.25, 0.3) is 0 Å². The highest BCUT2D eigenvalue weighted by Crippen LogP contribution is 2.48. The van der Waals surface area contributed by atoms with Gasteiger partial charge in [0, 0.05) is 20.1 Å². The predicted molar refractivity (Wildman–Crippen MR) is 120 cm³/mol. The summed E-state index contributed by atoms with van der Waals surface area (Å²) in [4.78, 5) is 0. The third-order valence-corrected chi connectivity index (χ3v) is 6.66. The number of rotatable bonds is 7. The van der Waals surface area contributed by atoms with E-state index in [1.54, 1.807) is 24.3 Å². The SMILES string of the molecule is CC1(O)O[C@H](C(O)OCc2ccc(Cl)cc2Cl)[C@](O)(OCc2ccc(Cl)cc2Cl)[C@@]1(C)O. The van der Waals surface area contributed by atoms with Crippen LogP contribution < -0.4 is 0 Å². The number of benzene rings is 2. The van der Waals surface area contributed by atoms with Gasteiger partial charge in [-0.05, 0) is 49.2 Å². The van der Waals surface area contributed by atoms with E-state index < -0.39 is 29.6 Å². The van der Waals surface area contributed by atoms with Crippen LogP contribution in [0.1, 0.15) is 25.0 Å². The fourth-order valence-corrected chi connectivity index (χ4v) is 4.18. The Morgan fingerprint density at radius 2 is 1.41 bits per heavy atom. The highest BCUT2D eigenvalue weighted by atomic mass is 35.5. The zero-order valence-electron chi connectivity index (χ0n) is 17.1. The van der Waals surface area contributed by atoms with Crippen molar-refractivity contribution in [2.75, 3.05) is 0 Å². The summed E-state index contributed by atoms with van der Waals surface area (Å²) in [6, 6.07) is 9.32. The fraction of sp³-hybridized carbons (Fsp3) is 0.429. The van der Waals surface area contributed by atoms with E-state index in [1.165, 1.54) is 12.1 Å². The number of hydrogen-bond donors (Lipinski definition) is 4. The van der Waals surface area contributed by atoms with Gasteiger partial charge in [0.1, 0.15) is 0 Å². The number of aliphatic hydroxyl groups is 4. The molecular formula is C21H22Cl4O7. The van der Waals surface area contributed by atoms with Gasteiger partial charge in [-0.2, -0.15) is 0 Å². The second kappa shape index (κ2) is 9.52. The molecule has 0 saturated carbocycles. The third kappa shape index (κ3) is 4.89. The molecule has 1 saturated heterocycles. The Morgan fingerprint density at radius 1 is 0.906 bits per heavy atom. The van der Waals surface area contributed by atoms with Crippen molar-refractivity contribution in [2.24, 2.45) is 0 Å². The first kappa shape index (κ1) is 25.9. The Bertz CT molecular complexity index is 985. The summed E-state index contributed by atoms with van der Waals surface area (Å²) in [5, 5.41) is 44.8. The molecule has 2 unspecified atom stereocenters. The van der Waals surface area contributed by atoms with Crippen LogP contribution in [0.15, 0.2) is 36.4 Å². The lowest BCUT2D eigenvalue weighted by molar-refractivity contribution is -0.330. The third-order valence-electron chi connectivity index (χ3n) is 5.49. The van der Waals surface area contributed by atoms with Crippen molar-refractivity contribution in [3.63, 3.8) is 0 Å². The Morgan fingerprint density at radius 3 is 1.91 bits per heavy atom. The summed E-state index contributed by atoms with van der Waals surface area (Å²) in [7, 11) is 0. The molecule has 32 heavy (non-hydrogen) atoms. The van der Waals surface area contributed by atoms with Crippen LogP contribution in [0.2, 0.25) is 20.1 Å². The maximum atomic E-state index is 11.3. The quantitative estimate of drug-likeness (QED) is 0.404. The molecule has 2 aromatic rings. The van der Waals surface area contributed by atoms with Gasteiger partial charge in [0.15, 0.2) is 23.8 Å². The lowest BCUT2D eigenvalue weighted by atomic mass is 9.87. The van der Waals surface area contributed by atoms with E-state index in [0.29, 0.717) is 26.2 Å². The standard InChI is InChI=1S/C21H22Cl4O7/c1-19(27)20(2,28)32-17(18(26)30-9-11-3-5-13(22)7-15(11)24)21(19,29)31-10-12-4-6-14(23)8-16(12)25/h3-8,17-18,26-29H,9-10H2,1-2H3/t17-,18?,19+,20?,21+/m1/s1. The smallest absolute Gasteiger partial charge is 0.232 e. The molecule has 0 spiro atoms. The van der Waals surface area contributed by atoms with Crippen LogP contribution in [0, 0.1) is 0 Å². The summed E-state index contributed by atoms with van der Waals surface area (Å²) in [6.45, 7) is 1.76. The van der Waals surface area contributed by atoms with Crippen LogP contribution in [-0.2, 0) is 27.4 Å². The molecule has 1 aliphatic rings. The van der Waals surface area contributed by atoms with Crippen LogP contribution >= 0.6 is 46.4 Å². The summed E-state index contributed by atoms with van der Waals surface area (Å²) in [6.07, 6.45) is -3.53. The van der Waals surface area contributed by atoms with E-state index in [1.807, 2.05) is 0 Å². The molecule has 1 heterocycles. The first-order chi connectivity index (χ1) is 14.8. The number of ether oxygens (including phenoxy) is 3. The predicted octanol–water partition coefficient (Wildman–Crippen LogP) is 3.90. The second-order valence-electron chi connectivity index (χ2n) is 7.75. The van der Waals surface area contributed by atoms with E-state index in [2.05, 4.69) is 0 Å². The lowest BCUT2D eigenvalue weighted by Crippen LogP contribution is -2.63. The molecule has 7 nitrogen and oxygen atoms in total. The molecule has 3 rings (SSSR count). The summed E-state index contributed by atoms with van der Waals surface area (Å²) in [5.74, 6) is -4.89. The average Bonchev–Trinajstić information content (AvgIpc) is 2.83. The maximum absolute atomic E-state index is 11.3. The summed E-state index contributed by atoms with van der Waals surface area (Å²) >= 11 is 24.0. The Hall–Kier alpha value is -0.680. The van der Waals surface area contributed by atoms with Crippen LogP contribution in [0.3, 0.4) is 0 Å². The van der Waals surface area contributed by atoms with E-state index in [4.69, 9.17) is 60.6 Å². The van der Waals surface area contributed by atoms with Crippen LogP contribution in [0.4, 0.5) is 0 Å². The van der Waals surface area contributed by atoms with Gasteiger partial charge in [-0.1, -0.05) is 58.5 Å². The fourth-order valence-electron chi connectivity index (χ4n) is 3.25. The van der Waals surface area contributed by atoms with Crippen molar-refractivity contribution in [2.45, 2.75) is 56.6 Å². The van der Waals surface area contributed by atoms with Gasteiger partial charge >= 0.3 is 0 Å². The molecule has 1 fully saturated rings. The Kier molecular flexibility index (Phi) is 7.72. The molecule has 4 N–H and O–H groups in total. The van der Waals surface area contributed by atoms with Crippen molar-refractivity contribution in [3.8, 4) is 0 Å². The molecule has 176 valence electrons. The van der Waals surface area contributed by atoms with Gasteiger partial charge in [-0.3, -0.25) is 0 Å². The van der Waals surface area contributed by atoms with Crippen molar-refractivity contribution in [3.05, 3.63) is 67.6 Å². The Labute approximate surface area is 204 Å². The number of halogens is 4. The van der Waals surface area contributed by atoms with Crippen LogP contribution in [0.5, 0.6) is 0 Å². The average molecular weight is 528 g/mol. The van der Waals surface area contributed by atoms with E-state index in [0.717, 1.165) is 13.8 Å². The molecule has 0 radical (unpaired) electrons. The molecule has 11 heteroatoms. The highest BCUT2D eigenvalue weighted by Gasteiger charge is 2.72. The van der Waals surface area contributed by atoms with Crippen molar-refractivity contribution >= 4 is 46.4 Å². The molecule has 0 aliphatic carbocycles. The van der Waals surface area contributed by atoms with Crippen molar-refractivity contribution in [1.29, 1.82) is 0 Å². The number of aliphatic hydroxyl groups excluding tert-OH is 1. The molecular weight excluding hydrogens is 506 g/mol. The molecule has 0 aromatic heterocycles. The minimum Gasteiger partial charge on any atom is -0.379 e. The maximum Gasteiger partial charge on any atom is 0.232 e. The van der Waals surface area contributed by atoms with Crippen molar-refractivity contribution in [1.82, 2.24) is 0 Å². The van der Waals surface area contributed by atoms with Gasteiger partial charge < -0.3 is 34.6 Å². The molecule has 0 amide bonds. The van der Waals surface area contributed by atoms with E-state index in [9.17, 15) is 20.4 Å². The second-order valence-corrected chi connectivity index (χ2v) is 9.44. The zero-order valence-corrected chi connectivity index (χ0v) is 20.1. The van der Waals surface area contributed by atoms with E-state index in [-0.39, 0.29) is 18.2 Å². The molecule has 0 bridgehead atoms. The Balaban J connectivity index is 1.81. The number of hydrogen-bond acceptors (Lipinski definition) is 7. The van der Waals surface area contributed by atoms with Gasteiger partial charge in [0.05, 0.1) is 13.2 Å². The molecule has 2 aromatic carbocycles. The van der Waals surface area contributed by atoms with Gasteiger partial charge in [-0.15, -0.1) is 0 Å². The zero-order chi connectivity index (χ0) is 23.9. The monoisotopic (exact) mass is 526 g/mol. The molecule has 5 atom stereocenters. The minimum absolute atomic E-state index is 0.180. The van der Waals surface area contributed by atoms with Gasteiger partial charge in [-0.25, -0.2) is 0 Å². The first-order valence-corrected chi connectivity index (χ1v) is 11.0. The van der Waals surface area contributed by atoms with Crippen LogP contribution in [-0.4, -0.2) is 50.0 Å². The highest BCUT2D eigenvalue weighted by molar-refractivity contribution is 6.35. The topological polar surface area (TPSA) is 109 Å². The lowest BCUT2D eigenvalue weighted by Gasteiger charge is -2.40. The summed E-state index contributed by atoms with van der Waals surface area (Å²) in [5.41, 5.74) is -1.43. The largest absolute Gasteiger partial charge is 0.379 e. The first-order valence-electron chi connectivity index (χ1n) is 9.45. The van der Waals surface area contributed by atoms with Gasteiger partial charge in [0.2, 0.25) is 5.79 Å². The van der Waals surface area contributed by atoms with Crippen molar-refractivity contribution < 1.29 is 34.6 Å².